The molecule has 0 aliphatic rings. The zero-order chi connectivity index (χ0) is 18.3. The van der Waals surface area contributed by atoms with Crippen molar-refractivity contribution in [2.75, 3.05) is 0 Å². The second kappa shape index (κ2) is 8.62. The molecule has 0 bridgehead atoms. The number of aromatic nitrogens is 2. The lowest BCUT2D eigenvalue weighted by Crippen LogP contribution is -2.54. The van der Waals surface area contributed by atoms with E-state index in [1.54, 1.807) is 0 Å². The van der Waals surface area contributed by atoms with Gasteiger partial charge in [0.05, 0.1) is 18.8 Å². The van der Waals surface area contributed by atoms with E-state index in [4.69, 9.17) is 16.6 Å². The van der Waals surface area contributed by atoms with Crippen LogP contribution in [-0.2, 0) is 25.6 Å². The van der Waals surface area contributed by atoms with E-state index in [1.165, 1.54) is 19.4 Å². The number of carbonyl (C=O) groups is 4. The maximum Gasteiger partial charge on any atom is 0.326 e. The number of nitrogens with one attached hydrogen (secondary N) is 3. The number of carboxylic acid groups (broad SMARTS) is 1. The van der Waals surface area contributed by atoms with Crippen molar-refractivity contribution in [2.24, 2.45) is 11.5 Å². The van der Waals surface area contributed by atoms with Gasteiger partial charge in [0.25, 0.3) is 0 Å². The van der Waals surface area contributed by atoms with Crippen LogP contribution in [-0.4, -0.2) is 56.9 Å². The van der Waals surface area contributed by atoms with Crippen molar-refractivity contribution < 1.29 is 24.3 Å². The maximum absolute atomic E-state index is 11.9. The Morgan fingerprint density at radius 2 is 1.96 bits per heavy atom. The summed E-state index contributed by atoms with van der Waals surface area (Å²) >= 11 is 0. The van der Waals surface area contributed by atoms with Gasteiger partial charge in [0, 0.05) is 18.3 Å². The van der Waals surface area contributed by atoms with Crippen molar-refractivity contribution in [3.63, 3.8) is 0 Å². The molecule has 11 heteroatoms. The number of rotatable bonds is 9. The zero-order valence-corrected chi connectivity index (χ0v) is 13.0. The van der Waals surface area contributed by atoms with Crippen LogP contribution in [0.2, 0.25) is 0 Å². The quantitative estimate of drug-likeness (QED) is 0.280. The average Bonchev–Trinajstić information content (AvgIpc) is 2.98. The van der Waals surface area contributed by atoms with E-state index in [9.17, 15) is 19.2 Å². The van der Waals surface area contributed by atoms with Crippen LogP contribution in [0.4, 0.5) is 0 Å². The molecule has 3 atom stereocenters. The number of aliphatic carboxylic acids is 1. The molecule has 3 unspecified atom stereocenters. The Balaban J connectivity index is 2.53. The molecule has 0 aliphatic carbocycles. The van der Waals surface area contributed by atoms with E-state index in [-0.39, 0.29) is 6.42 Å². The number of nitrogens with zero attached hydrogens (tertiary/aromatic N) is 1. The van der Waals surface area contributed by atoms with E-state index in [1.807, 2.05) is 0 Å². The largest absolute Gasteiger partial charge is 0.480 e. The van der Waals surface area contributed by atoms with E-state index in [0.29, 0.717) is 5.69 Å². The van der Waals surface area contributed by atoms with Crippen LogP contribution in [0.1, 0.15) is 19.0 Å². The summed E-state index contributed by atoms with van der Waals surface area (Å²) in [5.41, 5.74) is 11.3. The minimum atomic E-state index is -1.46. The van der Waals surface area contributed by atoms with Gasteiger partial charge in [0.1, 0.15) is 12.1 Å². The number of nitrogens with two attached hydrogens (primary N) is 2. The lowest BCUT2D eigenvalue weighted by molar-refractivity contribution is -0.143. The number of imidazole rings is 1. The van der Waals surface area contributed by atoms with Gasteiger partial charge >= 0.3 is 5.97 Å². The van der Waals surface area contributed by atoms with Crippen molar-refractivity contribution in [1.29, 1.82) is 0 Å². The molecule has 0 radical (unpaired) electrons. The number of amides is 3. The van der Waals surface area contributed by atoms with E-state index in [0.717, 1.165) is 0 Å². The Morgan fingerprint density at radius 3 is 2.46 bits per heavy atom. The lowest BCUT2D eigenvalue weighted by atomic mass is 10.1. The molecule has 0 aromatic carbocycles. The van der Waals surface area contributed by atoms with Crippen LogP contribution in [0.3, 0.4) is 0 Å². The van der Waals surface area contributed by atoms with Crippen LogP contribution < -0.4 is 22.1 Å². The van der Waals surface area contributed by atoms with E-state index in [2.05, 4.69) is 20.6 Å². The van der Waals surface area contributed by atoms with Crippen molar-refractivity contribution in [1.82, 2.24) is 20.6 Å². The van der Waals surface area contributed by atoms with Crippen molar-refractivity contribution in [3.8, 4) is 0 Å². The standard InChI is InChI=1S/C13H20N6O5/c1-6(11(21)19-9(13(23)24)3-10(15)20)18-12(22)8(14)2-7-4-16-5-17-7/h4-6,8-9H,2-3,14H2,1H3,(H2,15,20)(H,16,17)(H,18,22)(H,19,21)(H,23,24). The van der Waals surface area contributed by atoms with Gasteiger partial charge in [-0.1, -0.05) is 0 Å². The highest BCUT2D eigenvalue weighted by Crippen LogP contribution is 1.98. The summed E-state index contributed by atoms with van der Waals surface area (Å²) in [5.74, 6) is -3.64. The fourth-order valence-electron chi connectivity index (χ4n) is 1.81. The van der Waals surface area contributed by atoms with Crippen LogP contribution >= 0.6 is 0 Å². The summed E-state index contributed by atoms with van der Waals surface area (Å²) in [7, 11) is 0. The molecule has 132 valence electrons. The number of carboxylic acids is 1. The average molecular weight is 340 g/mol. The van der Waals surface area contributed by atoms with Gasteiger partial charge in [-0.05, 0) is 6.92 Å². The molecule has 1 heterocycles. The molecule has 0 aliphatic heterocycles. The number of hydrogen-bond donors (Lipinski definition) is 6. The minimum Gasteiger partial charge on any atom is -0.480 e. The van der Waals surface area contributed by atoms with E-state index >= 15 is 0 Å². The fourth-order valence-corrected chi connectivity index (χ4v) is 1.81. The molecule has 0 fully saturated rings. The number of carbonyl (C=O) groups excluding carboxylic acids is 3. The molecule has 0 spiro atoms. The first kappa shape index (κ1) is 19.1. The van der Waals surface area contributed by atoms with Crippen LogP contribution in [0.25, 0.3) is 0 Å². The maximum atomic E-state index is 11.9. The molecule has 1 rings (SSSR count). The summed E-state index contributed by atoms with van der Waals surface area (Å²) in [6.07, 6.45) is 2.60. The van der Waals surface area contributed by atoms with E-state index < -0.39 is 48.2 Å². The summed E-state index contributed by atoms with van der Waals surface area (Å²) in [5, 5.41) is 13.4. The Kier molecular flexibility index (Phi) is 6.86. The smallest absolute Gasteiger partial charge is 0.326 e. The first-order valence-electron chi connectivity index (χ1n) is 7.05. The monoisotopic (exact) mass is 340 g/mol. The van der Waals surface area contributed by atoms with Crippen molar-refractivity contribution in [2.45, 2.75) is 37.9 Å². The molecule has 0 saturated heterocycles. The highest BCUT2D eigenvalue weighted by Gasteiger charge is 2.26. The molecule has 24 heavy (non-hydrogen) atoms. The summed E-state index contributed by atoms with van der Waals surface area (Å²) < 4.78 is 0. The van der Waals surface area contributed by atoms with Gasteiger partial charge in [-0.3, -0.25) is 14.4 Å². The number of hydrogen-bond acceptors (Lipinski definition) is 6. The lowest BCUT2D eigenvalue weighted by Gasteiger charge is -2.19. The first-order valence-corrected chi connectivity index (χ1v) is 7.05. The second-order valence-electron chi connectivity index (χ2n) is 5.19. The second-order valence-corrected chi connectivity index (χ2v) is 5.19. The van der Waals surface area contributed by atoms with Crippen LogP contribution in [0.15, 0.2) is 12.5 Å². The Morgan fingerprint density at radius 1 is 1.29 bits per heavy atom. The number of primary amides is 1. The third-order valence-corrected chi connectivity index (χ3v) is 3.10. The Hall–Kier alpha value is -2.95. The molecule has 0 saturated carbocycles. The molecule has 1 aromatic heterocycles. The van der Waals surface area contributed by atoms with Gasteiger partial charge in [0.2, 0.25) is 17.7 Å². The molecule has 3 amide bonds. The van der Waals surface area contributed by atoms with Crippen molar-refractivity contribution >= 4 is 23.7 Å². The summed E-state index contributed by atoms with van der Waals surface area (Å²) in [6.45, 7) is 1.36. The van der Waals surface area contributed by atoms with Gasteiger partial charge in [-0.15, -0.1) is 0 Å². The number of aromatic amines is 1. The van der Waals surface area contributed by atoms with Gasteiger partial charge < -0.3 is 32.2 Å². The van der Waals surface area contributed by atoms with Crippen LogP contribution in [0.5, 0.6) is 0 Å². The third kappa shape index (κ3) is 6.04. The predicted molar refractivity (Wildman–Crippen MR) is 81.2 cm³/mol. The number of H-pyrrole nitrogens is 1. The normalized spacial score (nSPS) is 14.2. The fraction of sp³-hybridized carbons (Fsp3) is 0.462. The van der Waals surface area contributed by atoms with Crippen LogP contribution in [0, 0.1) is 0 Å². The topological polar surface area (TPSA) is 193 Å². The predicted octanol–water partition coefficient (Wildman–Crippen LogP) is -2.77. The third-order valence-electron chi connectivity index (χ3n) is 3.10. The van der Waals surface area contributed by atoms with Crippen molar-refractivity contribution in [3.05, 3.63) is 18.2 Å². The summed E-state index contributed by atoms with van der Waals surface area (Å²) in [6, 6.07) is -3.42. The molecule has 1 aromatic rings. The first-order chi connectivity index (χ1) is 11.2. The molecular weight excluding hydrogens is 320 g/mol. The SMILES string of the molecule is CC(NC(=O)C(N)Cc1cnc[nH]1)C(=O)NC(CC(N)=O)C(=O)O. The molecule has 8 N–H and O–H groups in total. The zero-order valence-electron chi connectivity index (χ0n) is 13.0. The Labute approximate surface area is 137 Å². The minimum absolute atomic E-state index is 0.194. The molecular formula is C13H20N6O5. The highest BCUT2D eigenvalue weighted by atomic mass is 16.4. The molecule has 11 nitrogen and oxygen atoms in total. The van der Waals surface area contributed by atoms with Gasteiger partial charge in [-0.25, -0.2) is 9.78 Å². The van der Waals surface area contributed by atoms with Gasteiger partial charge in [-0.2, -0.15) is 0 Å². The summed E-state index contributed by atoms with van der Waals surface area (Å²) in [4.78, 5) is 52.2. The highest BCUT2D eigenvalue weighted by molar-refractivity contribution is 5.92. The van der Waals surface area contributed by atoms with Gasteiger partial charge in [0.15, 0.2) is 0 Å². The Bertz CT molecular complexity index is 602.